The second-order valence-electron chi connectivity index (χ2n) is 4.96. The van der Waals surface area contributed by atoms with Gasteiger partial charge in [-0.15, -0.1) is 11.8 Å². The Hall–Kier alpha value is -1.04. The maximum atomic E-state index is 10.9. The highest BCUT2D eigenvalue weighted by Crippen LogP contribution is 2.39. The van der Waals surface area contributed by atoms with Crippen LogP contribution in [0, 0.1) is 0 Å². The topological polar surface area (TPSA) is 58.6 Å². The largest absolute Gasteiger partial charge is 0.480 e. The second-order valence-corrected chi connectivity index (χ2v) is 6.21. The summed E-state index contributed by atoms with van der Waals surface area (Å²) in [5, 5.41) is 12.4. The van der Waals surface area contributed by atoms with Crippen LogP contribution in [-0.2, 0) is 9.53 Å². The lowest BCUT2D eigenvalue weighted by atomic mass is 9.87. The van der Waals surface area contributed by atoms with Crippen molar-refractivity contribution in [3.8, 4) is 0 Å². The Morgan fingerprint density at radius 2 is 2.20 bits per heavy atom. The van der Waals surface area contributed by atoms with Crippen LogP contribution in [0.1, 0.15) is 20.3 Å². The molecule has 2 rings (SSSR count). The van der Waals surface area contributed by atoms with Crippen molar-refractivity contribution < 1.29 is 14.6 Å². The SMILES string of the molecule is CCO[C@@H]1CC(N[C@H](C)C(=O)O)[C@H]1Sc1ccccc1. The number of ether oxygens (including phenoxy) is 1. The van der Waals surface area contributed by atoms with Crippen molar-refractivity contribution in [2.24, 2.45) is 0 Å². The van der Waals surface area contributed by atoms with Crippen molar-refractivity contribution in [1.29, 1.82) is 0 Å². The first-order valence-corrected chi connectivity index (χ1v) is 7.82. The van der Waals surface area contributed by atoms with Gasteiger partial charge in [0.05, 0.1) is 11.4 Å². The molecule has 1 aliphatic rings. The molecule has 1 fully saturated rings. The fourth-order valence-corrected chi connectivity index (χ4v) is 3.65. The van der Waals surface area contributed by atoms with Gasteiger partial charge in [0.25, 0.3) is 0 Å². The molecule has 0 heterocycles. The molecule has 2 N–H and O–H groups in total. The number of thioether (sulfide) groups is 1. The average molecular weight is 295 g/mol. The molecule has 110 valence electrons. The number of carboxylic acids is 1. The van der Waals surface area contributed by atoms with E-state index in [9.17, 15) is 4.79 Å². The molecule has 0 aromatic heterocycles. The minimum atomic E-state index is -0.812. The number of rotatable bonds is 7. The third-order valence-electron chi connectivity index (χ3n) is 3.48. The molecule has 1 aromatic rings. The summed E-state index contributed by atoms with van der Waals surface area (Å²) >= 11 is 1.76. The Bertz CT molecular complexity index is 440. The van der Waals surface area contributed by atoms with Crippen LogP contribution >= 0.6 is 11.8 Å². The molecule has 5 heteroatoms. The summed E-state index contributed by atoms with van der Waals surface area (Å²) in [5.41, 5.74) is 0. The molecule has 0 spiro atoms. The van der Waals surface area contributed by atoms with Gasteiger partial charge < -0.3 is 15.2 Å². The molecule has 0 amide bonds. The molecule has 0 bridgehead atoms. The molecule has 1 aliphatic carbocycles. The summed E-state index contributed by atoms with van der Waals surface area (Å²) in [7, 11) is 0. The first kappa shape index (κ1) is 15.4. The summed E-state index contributed by atoms with van der Waals surface area (Å²) in [6.45, 7) is 4.36. The van der Waals surface area contributed by atoms with E-state index >= 15 is 0 Å². The molecule has 1 aromatic carbocycles. The standard InChI is InChI=1S/C15H21NO3S/c1-3-19-13-9-12(16-10(2)15(17)18)14(13)20-11-7-5-4-6-8-11/h4-8,10,12-14,16H,3,9H2,1-2H3,(H,17,18)/t10-,12?,13-,14-/m1/s1. The predicted octanol–water partition coefficient (Wildman–Crippen LogP) is 2.39. The van der Waals surface area contributed by atoms with Crippen LogP contribution in [0.2, 0.25) is 0 Å². The van der Waals surface area contributed by atoms with E-state index in [-0.39, 0.29) is 17.4 Å². The predicted molar refractivity (Wildman–Crippen MR) is 80.1 cm³/mol. The van der Waals surface area contributed by atoms with Crippen molar-refractivity contribution in [3.05, 3.63) is 30.3 Å². The third kappa shape index (κ3) is 3.75. The molecule has 0 saturated heterocycles. The highest BCUT2D eigenvalue weighted by atomic mass is 32.2. The monoisotopic (exact) mass is 295 g/mol. The molecule has 0 aliphatic heterocycles. The lowest BCUT2D eigenvalue weighted by Crippen LogP contribution is -2.60. The number of benzene rings is 1. The first-order chi connectivity index (χ1) is 9.61. The van der Waals surface area contributed by atoms with Crippen molar-refractivity contribution in [2.45, 2.75) is 48.6 Å². The van der Waals surface area contributed by atoms with Gasteiger partial charge in [0.2, 0.25) is 0 Å². The lowest BCUT2D eigenvalue weighted by molar-refractivity contribution is -0.139. The molecule has 20 heavy (non-hydrogen) atoms. The van der Waals surface area contributed by atoms with Crippen LogP contribution < -0.4 is 5.32 Å². The molecule has 4 nitrogen and oxygen atoms in total. The van der Waals surface area contributed by atoms with Gasteiger partial charge in [-0.25, -0.2) is 0 Å². The van der Waals surface area contributed by atoms with Crippen molar-refractivity contribution in [1.82, 2.24) is 5.32 Å². The van der Waals surface area contributed by atoms with Crippen LogP contribution in [0.15, 0.2) is 35.2 Å². The summed E-state index contributed by atoms with van der Waals surface area (Å²) < 4.78 is 5.73. The van der Waals surface area contributed by atoms with Crippen LogP contribution in [0.25, 0.3) is 0 Å². The first-order valence-electron chi connectivity index (χ1n) is 6.94. The zero-order valence-electron chi connectivity index (χ0n) is 11.8. The Labute approximate surface area is 123 Å². The minimum absolute atomic E-state index is 0.183. The van der Waals surface area contributed by atoms with Crippen LogP contribution in [0.3, 0.4) is 0 Å². The van der Waals surface area contributed by atoms with Gasteiger partial charge in [-0.05, 0) is 32.4 Å². The normalized spacial score (nSPS) is 26.8. The highest BCUT2D eigenvalue weighted by molar-refractivity contribution is 8.00. The number of aliphatic carboxylic acids is 1. The molecule has 1 saturated carbocycles. The van der Waals surface area contributed by atoms with E-state index in [4.69, 9.17) is 9.84 Å². The third-order valence-corrected chi connectivity index (χ3v) is 4.93. The molecular formula is C15H21NO3S. The van der Waals surface area contributed by atoms with Gasteiger partial charge in [0, 0.05) is 17.5 Å². The van der Waals surface area contributed by atoms with E-state index in [2.05, 4.69) is 17.4 Å². The highest BCUT2D eigenvalue weighted by Gasteiger charge is 2.43. The van der Waals surface area contributed by atoms with Gasteiger partial charge in [0.15, 0.2) is 0 Å². The van der Waals surface area contributed by atoms with Crippen LogP contribution in [0.5, 0.6) is 0 Å². The summed E-state index contributed by atoms with van der Waals surface area (Å²) in [5.74, 6) is -0.812. The number of carboxylic acid groups (broad SMARTS) is 1. The zero-order chi connectivity index (χ0) is 14.5. The quantitative estimate of drug-likeness (QED) is 0.809. The van der Waals surface area contributed by atoms with E-state index in [0.29, 0.717) is 6.61 Å². The van der Waals surface area contributed by atoms with Crippen LogP contribution in [0.4, 0.5) is 0 Å². The smallest absolute Gasteiger partial charge is 0.320 e. The Morgan fingerprint density at radius 3 is 2.80 bits per heavy atom. The van der Waals surface area contributed by atoms with E-state index in [1.165, 1.54) is 4.90 Å². The van der Waals surface area contributed by atoms with E-state index in [1.54, 1.807) is 18.7 Å². The fraction of sp³-hybridized carbons (Fsp3) is 0.533. The lowest BCUT2D eigenvalue weighted by Gasteiger charge is -2.45. The average Bonchev–Trinajstić information content (AvgIpc) is 2.44. The minimum Gasteiger partial charge on any atom is -0.480 e. The van der Waals surface area contributed by atoms with Gasteiger partial charge in [0.1, 0.15) is 6.04 Å². The van der Waals surface area contributed by atoms with E-state index in [0.717, 1.165) is 6.42 Å². The Kier molecular flexibility index (Phi) is 5.46. The summed E-state index contributed by atoms with van der Waals surface area (Å²) in [6, 6.07) is 9.82. The van der Waals surface area contributed by atoms with Gasteiger partial charge in [-0.3, -0.25) is 4.79 Å². The molecule has 0 radical (unpaired) electrons. The maximum Gasteiger partial charge on any atom is 0.320 e. The molecule has 1 unspecified atom stereocenters. The summed E-state index contributed by atoms with van der Waals surface area (Å²) in [4.78, 5) is 12.1. The number of hydrogen-bond acceptors (Lipinski definition) is 4. The maximum absolute atomic E-state index is 10.9. The number of carbonyl (C=O) groups is 1. The molecular weight excluding hydrogens is 274 g/mol. The number of nitrogens with one attached hydrogen (secondary N) is 1. The fourth-order valence-electron chi connectivity index (χ4n) is 2.33. The summed E-state index contributed by atoms with van der Waals surface area (Å²) in [6.07, 6.45) is 1.07. The van der Waals surface area contributed by atoms with Gasteiger partial charge in [-0.1, -0.05) is 18.2 Å². The Morgan fingerprint density at radius 1 is 1.50 bits per heavy atom. The van der Waals surface area contributed by atoms with E-state index in [1.807, 2.05) is 25.1 Å². The van der Waals surface area contributed by atoms with Gasteiger partial charge in [-0.2, -0.15) is 0 Å². The second kappa shape index (κ2) is 7.11. The Balaban J connectivity index is 1.97. The van der Waals surface area contributed by atoms with E-state index < -0.39 is 12.0 Å². The van der Waals surface area contributed by atoms with Crippen molar-refractivity contribution >= 4 is 17.7 Å². The van der Waals surface area contributed by atoms with Crippen molar-refractivity contribution in [3.63, 3.8) is 0 Å². The van der Waals surface area contributed by atoms with Gasteiger partial charge >= 0.3 is 5.97 Å². The van der Waals surface area contributed by atoms with Crippen molar-refractivity contribution in [2.75, 3.05) is 6.61 Å². The number of hydrogen-bond donors (Lipinski definition) is 2. The molecule has 4 atom stereocenters. The zero-order valence-corrected chi connectivity index (χ0v) is 12.6. The van der Waals surface area contributed by atoms with Crippen LogP contribution in [-0.4, -0.2) is 41.1 Å².